The molecule has 18 heavy (non-hydrogen) atoms. The van der Waals surface area contributed by atoms with Crippen molar-refractivity contribution in [1.29, 1.82) is 0 Å². The van der Waals surface area contributed by atoms with Crippen molar-refractivity contribution in [3.8, 4) is 0 Å². The molecule has 2 aromatic carbocycles. The van der Waals surface area contributed by atoms with Crippen molar-refractivity contribution in [2.75, 3.05) is 7.11 Å². The molecule has 0 radical (unpaired) electrons. The van der Waals surface area contributed by atoms with E-state index in [9.17, 15) is 4.79 Å². The minimum atomic E-state index is -0.321. The Hall–Kier alpha value is -1.39. The fraction of sp³-hybridized carbons (Fsp3) is 0.0714. The van der Waals surface area contributed by atoms with Gasteiger partial charge in [-0.3, -0.25) is 0 Å². The molecule has 0 unspecified atom stereocenters. The zero-order valence-electron chi connectivity index (χ0n) is 9.91. The lowest BCUT2D eigenvalue weighted by atomic mass is 10.2. The van der Waals surface area contributed by atoms with E-state index in [0.29, 0.717) is 5.56 Å². The van der Waals surface area contributed by atoms with Crippen LogP contribution in [0.15, 0.2) is 64.4 Å². The second-order valence-electron chi connectivity index (χ2n) is 3.37. The molecule has 0 aliphatic carbocycles. The molecule has 0 aliphatic rings. The first kappa shape index (κ1) is 14.7. The normalized spacial score (nSPS) is 9.06. The first-order valence-corrected chi connectivity index (χ1v) is 6.14. The Morgan fingerprint density at radius 2 is 1.39 bits per heavy atom. The molecule has 2 aromatic rings. The molecule has 0 amide bonds. The van der Waals surface area contributed by atoms with Crippen molar-refractivity contribution in [3.05, 3.63) is 60.2 Å². The number of thiol groups is 2. The third-order valence-corrected chi connectivity index (χ3v) is 2.64. The van der Waals surface area contributed by atoms with Crippen LogP contribution in [0.1, 0.15) is 10.4 Å². The highest BCUT2D eigenvalue weighted by atomic mass is 32.1. The SMILES string of the molecule is COC(=O)c1ccc(S)cc1.Sc1ccccc1. The van der Waals surface area contributed by atoms with Crippen molar-refractivity contribution >= 4 is 31.2 Å². The standard InChI is InChI=1S/C8H8O2S.C6H6S/c1-10-8(9)6-2-4-7(11)5-3-6;7-6-4-2-1-3-5-6/h2-5,11H,1H3;1-5,7H. The van der Waals surface area contributed by atoms with Crippen LogP contribution < -0.4 is 0 Å². The monoisotopic (exact) mass is 278 g/mol. The molecule has 0 aliphatic heterocycles. The predicted molar refractivity (Wildman–Crippen MR) is 78.7 cm³/mol. The lowest BCUT2D eigenvalue weighted by Crippen LogP contribution is -1.99. The number of esters is 1. The zero-order chi connectivity index (χ0) is 13.4. The van der Waals surface area contributed by atoms with Gasteiger partial charge >= 0.3 is 5.97 Å². The summed E-state index contributed by atoms with van der Waals surface area (Å²) in [4.78, 5) is 12.7. The molecular weight excluding hydrogens is 264 g/mol. The summed E-state index contributed by atoms with van der Waals surface area (Å²) >= 11 is 8.16. The molecule has 0 spiro atoms. The predicted octanol–water partition coefficient (Wildman–Crippen LogP) is 3.74. The minimum absolute atomic E-state index is 0.321. The Labute approximate surface area is 118 Å². The van der Waals surface area contributed by atoms with Crippen LogP contribution in [0.4, 0.5) is 0 Å². The van der Waals surface area contributed by atoms with E-state index in [2.05, 4.69) is 30.0 Å². The number of hydrogen-bond acceptors (Lipinski definition) is 4. The van der Waals surface area contributed by atoms with Gasteiger partial charge in [-0.25, -0.2) is 4.79 Å². The second-order valence-corrected chi connectivity index (χ2v) is 4.41. The van der Waals surface area contributed by atoms with Gasteiger partial charge in [-0.15, -0.1) is 25.3 Å². The van der Waals surface area contributed by atoms with Crippen LogP contribution in [0.5, 0.6) is 0 Å². The van der Waals surface area contributed by atoms with Crippen molar-refractivity contribution in [3.63, 3.8) is 0 Å². The molecule has 0 saturated heterocycles. The van der Waals surface area contributed by atoms with Gasteiger partial charge in [0.25, 0.3) is 0 Å². The van der Waals surface area contributed by atoms with Gasteiger partial charge < -0.3 is 4.74 Å². The maximum absolute atomic E-state index is 10.9. The smallest absolute Gasteiger partial charge is 0.337 e. The molecular formula is C14H14O2S2. The van der Waals surface area contributed by atoms with E-state index >= 15 is 0 Å². The van der Waals surface area contributed by atoms with Gasteiger partial charge in [0.15, 0.2) is 0 Å². The van der Waals surface area contributed by atoms with Gasteiger partial charge in [0.1, 0.15) is 0 Å². The van der Waals surface area contributed by atoms with Gasteiger partial charge in [-0.05, 0) is 36.4 Å². The minimum Gasteiger partial charge on any atom is -0.465 e. The molecule has 0 heterocycles. The molecule has 0 bridgehead atoms. The van der Waals surface area contributed by atoms with Gasteiger partial charge in [-0.1, -0.05) is 18.2 Å². The number of rotatable bonds is 1. The van der Waals surface area contributed by atoms with Crippen LogP contribution in [0.2, 0.25) is 0 Å². The van der Waals surface area contributed by atoms with Crippen LogP contribution >= 0.6 is 25.3 Å². The maximum atomic E-state index is 10.9. The Kier molecular flexibility index (Phi) is 6.39. The van der Waals surface area contributed by atoms with Gasteiger partial charge in [0, 0.05) is 9.79 Å². The largest absolute Gasteiger partial charge is 0.465 e. The highest BCUT2D eigenvalue weighted by Gasteiger charge is 2.02. The van der Waals surface area contributed by atoms with Gasteiger partial charge in [0.2, 0.25) is 0 Å². The van der Waals surface area contributed by atoms with Crippen molar-refractivity contribution in [1.82, 2.24) is 0 Å². The number of carbonyl (C=O) groups is 1. The molecule has 0 aromatic heterocycles. The van der Waals surface area contributed by atoms with E-state index in [0.717, 1.165) is 9.79 Å². The first-order chi connectivity index (χ1) is 8.63. The molecule has 0 atom stereocenters. The fourth-order valence-electron chi connectivity index (χ4n) is 1.14. The van der Waals surface area contributed by atoms with Crippen molar-refractivity contribution in [2.24, 2.45) is 0 Å². The van der Waals surface area contributed by atoms with Crippen LogP contribution in [0, 0.1) is 0 Å². The third-order valence-electron chi connectivity index (χ3n) is 2.04. The number of ether oxygens (including phenoxy) is 1. The summed E-state index contributed by atoms with van der Waals surface area (Å²) in [6.07, 6.45) is 0. The Morgan fingerprint density at radius 3 is 1.78 bits per heavy atom. The highest BCUT2D eigenvalue weighted by molar-refractivity contribution is 7.80. The quantitative estimate of drug-likeness (QED) is 0.614. The number of methoxy groups -OCH3 is 1. The lowest BCUT2D eigenvalue weighted by molar-refractivity contribution is 0.0600. The van der Waals surface area contributed by atoms with E-state index in [1.165, 1.54) is 7.11 Å². The second kappa shape index (κ2) is 7.84. The average Bonchev–Trinajstić information content (AvgIpc) is 2.40. The van der Waals surface area contributed by atoms with Gasteiger partial charge in [-0.2, -0.15) is 0 Å². The van der Waals surface area contributed by atoms with Crippen LogP contribution in [0.3, 0.4) is 0 Å². The number of carbonyl (C=O) groups excluding carboxylic acids is 1. The molecule has 4 heteroatoms. The molecule has 94 valence electrons. The third kappa shape index (κ3) is 5.29. The van der Waals surface area contributed by atoms with Crippen LogP contribution in [-0.4, -0.2) is 13.1 Å². The van der Waals surface area contributed by atoms with E-state index in [1.54, 1.807) is 24.3 Å². The van der Waals surface area contributed by atoms with Crippen LogP contribution in [0.25, 0.3) is 0 Å². The van der Waals surface area contributed by atoms with E-state index < -0.39 is 0 Å². The highest BCUT2D eigenvalue weighted by Crippen LogP contribution is 2.08. The van der Waals surface area contributed by atoms with E-state index in [-0.39, 0.29) is 5.97 Å². The maximum Gasteiger partial charge on any atom is 0.337 e. The van der Waals surface area contributed by atoms with Gasteiger partial charge in [0.05, 0.1) is 12.7 Å². The summed E-state index contributed by atoms with van der Waals surface area (Å²) in [6.45, 7) is 0. The summed E-state index contributed by atoms with van der Waals surface area (Å²) in [5.74, 6) is -0.321. The number of hydrogen-bond donors (Lipinski definition) is 2. The van der Waals surface area contributed by atoms with E-state index in [4.69, 9.17) is 0 Å². The Bertz CT molecular complexity index is 481. The molecule has 0 N–H and O–H groups in total. The zero-order valence-corrected chi connectivity index (χ0v) is 11.7. The van der Waals surface area contributed by atoms with Crippen LogP contribution in [-0.2, 0) is 4.74 Å². The Morgan fingerprint density at radius 1 is 0.889 bits per heavy atom. The average molecular weight is 278 g/mol. The Balaban J connectivity index is 0.000000199. The van der Waals surface area contributed by atoms with Crippen molar-refractivity contribution in [2.45, 2.75) is 9.79 Å². The molecule has 2 nitrogen and oxygen atoms in total. The van der Waals surface area contributed by atoms with E-state index in [1.807, 2.05) is 30.3 Å². The topological polar surface area (TPSA) is 26.3 Å². The lowest BCUT2D eigenvalue weighted by Gasteiger charge is -1.97. The summed E-state index contributed by atoms with van der Waals surface area (Å²) < 4.78 is 4.51. The molecule has 0 fully saturated rings. The first-order valence-electron chi connectivity index (χ1n) is 5.25. The number of benzene rings is 2. The summed E-state index contributed by atoms with van der Waals surface area (Å²) in [5, 5.41) is 0. The van der Waals surface area contributed by atoms with Crippen molar-refractivity contribution < 1.29 is 9.53 Å². The molecule has 0 saturated carbocycles. The summed E-state index contributed by atoms with van der Waals surface area (Å²) in [6, 6.07) is 16.6. The summed E-state index contributed by atoms with van der Waals surface area (Å²) in [7, 11) is 1.36. The fourth-order valence-corrected chi connectivity index (χ4v) is 1.46. The summed E-state index contributed by atoms with van der Waals surface area (Å²) in [5.41, 5.74) is 0.547. The molecule has 2 rings (SSSR count).